The van der Waals surface area contributed by atoms with Crippen LogP contribution in [0.1, 0.15) is 61.4 Å². The summed E-state index contributed by atoms with van der Waals surface area (Å²) in [5.41, 5.74) is 3.48. The van der Waals surface area contributed by atoms with Crippen LogP contribution in [0.4, 0.5) is 14.0 Å². The molecule has 0 spiro atoms. The van der Waals surface area contributed by atoms with E-state index in [0.717, 1.165) is 22.3 Å². The summed E-state index contributed by atoms with van der Waals surface area (Å²) in [7, 11) is 0. The lowest BCUT2D eigenvalue weighted by Gasteiger charge is -2.42. The zero-order valence-corrected chi connectivity index (χ0v) is 34.5. The quantitative estimate of drug-likeness (QED) is 0.145. The first kappa shape index (κ1) is 43.3. The first-order valence-corrected chi connectivity index (χ1v) is 20.5. The highest BCUT2D eigenvalue weighted by Crippen LogP contribution is 2.27. The smallest absolute Gasteiger partial charge is 0.411 e. The Balaban J connectivity index is 1.22. The predicted molar refractivity (Wildman–Crippen MR) is 224 cm³/mol. The number of benzene rings is 4. The SMILES string of the molecule is CC(C)(C)OC(=O)N1Cc2ccccc2CC1C(=O)NC(Cc1ccc(F)cc1)C(=O)N1CCN(CCc2ccccc2)C(=O)C1CCCNC(=O)OCc1ccccc1. The zero-order chi connectivity index (χ0) is 42.6. The monoisotopic (exact) mass is 819 g/mol. The van der Waals surface area contributed by atoms with Crippen LogP contribution in [0.3, 0.4) is 0 Å². The van der Waals surface area contributed by atoms with E-state index in [4.69, 9.17) is 9.47 Å². The van der Waals surface area contributed by atoms with Crippen molar-refractivity contribution in [3.8, 4) is 0 Å². The third-order valence-electron chi connectivity index (χ3n) is 10.7. The van der Waals surface area contributed by atoms with Crippen LogP contribution in [0.5, 0.6) is 0 Å². The van der Waals surface area contributed by atoms with E-state index in [2.05, 4.69) is 10.6 Å². The lowest BCUT2D eigenvalue weighted by atomic mass is 9.93. The highest BCUT2D eigenvalue weighted by Gasteiger charge is 2.42. The Morgan fingerprint density at radius 3 is 2.13 bits per heavy atom. The first-order chi connectivity index (χ1) is 28.8. The van der Waals surface area contributed by atoms with E-state index in [1.807, 2.05) is 84.9 Å². The Bertz CT molecular complexity index is 2090. The van der Waals surface area contributed by atoms with E-state index in [1.165, 1.54) is 21.9 Å². The molecule has 4 aromatic rings. The summed E-state index contributed by atoms with van der Waals surface area (Å²) < 4.78 is 25.1. The van der Waals surface area contributed by atoms with Gasteiger partial charge in [-0.05, 0) is 80.0 Å². The van der Waals surface area contributed by atoms with Crippen LogP contribution in [-0.4, -0.2) is 94.5 Å². The van der Waals surface area contributed by atoms with Crippen molar-refractivity contribution >= 4 is 29.9 Å². The Hall–Kier alpha value is -6.24. The third-order valence-corrected chi connectivity index (χ3v) is 10.7. The minimum atomic E-state index is -1.17. The van der Waals surface area contributed by atoms with E-state index in [1.54, 1.807) is 37.8 Å². The normalized spacial score (nSPS) is 17.0. The second kappa shape index (κ2) is 20.1. The van der Waals surface area contributed by atoms with Crippen molar-refractivity contribution in [1.82, 2.24) is 25.3 Å². The van der Waals surface area contributed by atoms with Crippen molar-refractivity contribution in [3.63, 3.8) is 0 Å². The molecule has 4 aromatic carbocycles. The minimum Gasteiger partial charge on any atom is -0.445 e. The van der Waals surface area contributed by atoms with Crippen LogP contribution < -0.4 is 10.6 Å². The van der Waals surface area contributed by atoms with E-state index < -0.39 is 53.5 Å². The third kappa shape index (κ3) is 11.9. The second-order valence-electron chi connectivity index (χ2n) is 16.2. The lowest BCUT2D eigenvalue weighted by Crippen LogP contribution is -2.64. The van der Waals surface area contributed by atoms with Gasteiger partial charge >= 0.3 is 12.2 Å². The molecule has 3 unspecified atom stereocenters. The standard InChI is InChI=1S/C47H54FN5O7/c1-47(2,3)60-46(58)53-31-37-18-11-10-17-36(37)30-41(53)42(54)50-39(29-34-20-22-38(48)23-21-34)43(55)52-28-27-51(26-24-33-13-6-4-7-14-33)44(56)40(52)19-12-25-49-45(57)59-32-35-15-8-5-9-16-35/h4-11,13-18,20-23,39-41H,12,19,24-32H2,1-3H3,(H,49,57)(H,50,54). The van der Waals surface area contributed by atoms with Crippen molar-refractivity contribution in [1.29, 1.82) is 0 Å². The maximum atomic E-state index is 14.9. The molecule has 316 valence electrons. The van der Waals surface area contributed by atoms with Gasteiger partial charge in [0.2, 0.25) is 17.7 Å². The van der Waals surface area contributed by atoms with Gasteiger partial charge in [-0.15, -0.1) is 0 Å². The number of rotatable bonds is 14. The number of hydrogen-bond donors (Lipinski definition) is 2. The number of hydrogen-bond acceptors (Lipinski definition) is 7. The van der Waals surface area contributed by atoms with Crippen molar-refractivity contribution in [2.24, 2.45) is 0 Å². The maximum Gasteiger partial charge on any atom is 0.411 e. The Morgan fingerprint density at radius 2 is 1.45 bits per heavy atom. The number of ether oxygens (including phenoxy) is 2. The van der Waals surface area contributed by atoms with E-state index >= 15 is 0 Å². The summed E-state index contributed by atoms with van der Waals surface area (Å²) in [4.78, 5) is 74.4. The molecular weight excluding hydrogens is 766 g/mol. The number of fused-ring (bicyclic) bond motifs is 1. The molecule has 1 saturated heterocycles. The number of piperazine rings is 1. The summed E-state index contributed by atoms with van der Waals surface area (Å²) in [5, 5.41) is 5.70. The predicted octanol–water partition coefficient (Wildman–Crippen LogP) is 6.20. The van der Waals surface area contributed by atoms with Gasteiger partial charge in [0.25, 0.3) is 0 Å². The molecule has 2 N–H and O–H groups in total. The molecule has 0 aromatic heterocycles. The molecule has 12 nitrogen and oxygen atoms in total. The highest BCUT2D eigenvalue weighted by atomic mass is 19.1. The second-order valence-corrected chi connectivity index (χ2v) is 16.2. The van der Waals surface area contributed by atoms with Gasteiger partial charge in [0, 0.05) is 39.0 Å². The number of carbonyl (C=O) groups is 5. The number of amides is 5. The fourth-order valence-electron chi connectivity index (χ4n) is 7.57. The zero-order valence-electron chi connectivity index (χ0n) is 34.5. The molecular formula is C47H54FN5O7. The summed E-state index contributed by atoms with van der Waals surface area (Å²) in [6.45, 7) is 6.62. The van der Waals surface area contributed by atoms with Gasteiger partial charge in [-0.3, -0.25) is 19.3 Å². The molecule has 60 heavy (non-hydrogen) atoms. The van der Waals surface area contributed by atoms with Gasteiger partial charge < -0.3 is 29.9 Å². The molecule has 2 heterocycles. The van der Waals surface area contributed by atoms with Gasteiger partial charge in [0.05, 0.1) is 6.54 Å². The highest BCUT2D eigenvalue weighted by molar-refractivity contribution is 5.95. The molecule has 0 aliphatic carbocycles. The maximum absolute atomic E-state index is 14.9. The van der Waals surface area contributed by atoms with E-state index in [-0.39, 0.29) is 58.0 Å². The fraction of sp³-hybridized carbons (Fsp3) is 0.383. The number of carbonyl (C=O) groups excluding carboxylic acids is 5. The van der Waals surface area contributed by atoms with Crippen molar-refractivity contribution in [2.45, 2.75) is 89.8 Å². The summed E-state index contributed by atoms with van der Waals surface area (Å²) in [6.07, 6.45) is 0.158. The summed E-state index contributed by atoms with van der Waals surface area (Å²) in [6, 6.07) is 29.3. The number of nitrogens with zero attached hydrogens (tertiary/aromatic N) is 3. The molecule has 6 rings (SSSR count). The van der Waals surface area contributed by atoms with Gasteiger partial charge in [0.15, 0.2) is 0 Å². The lowest BCUT2D eigenvalue weighted by molar-refractivity contribution is -0.153. The average Bonchev–Trinajstić information content (AvgIpc) is 3.24. The van der Waals surface area contributed by atoms with E-state index in [0.29, 0.717) is 24.9 Å². The van der Waals surface area contributed by atoms with Gasteiger partial charge in [-0.2, -0.15) is 0 Å². The molecule has 0 bridgehead atoms. The van der Waals surface area contributed by atoms with Crippen LogP contribution in [0, 0.1) is 5.82 Å². The molecule has 2 aliphatic rings. The topological polar surface area (TPSA) is 138 Å². The van der Waals surface area contributed by atoms with Crippen molar-refractivity contribution in [3.05, 3.63) is 143 Å². The molecule has 2 aliphatic heterocycles. The van der Waals surface area contributed by atoms with Gasteiger partial charge in [-0.1, -0.05) is 97.1 Å². The van der Waals surface area contributed by atoms with Gasteiger partial charge in [0.1, 0.15) is 36.2 Å². The van der Waals surface area contributed by atoms with Crippen LogP contribution in [0.25, 0.3) is 0 Å². The first-order valence-electron chi connectivity index (χ1n) is 20.5. The van der Waals surface area contributed by atoms with E-state index in [9.17, 15) is 28.4 Å². The van der Waals surface area contributed by atoms with Crippen LogP contribution in [0.2, 0.25) is 0 Å². The van der Waals surface area contributed by atoms with Crippen molar-refractivity contribution < 1.29 is 37.8 Å². The number of halogens is 1. The number of alkyl carbamates (subject to hydrolysis) is 1. The summed E-state index contributed by atoms with van der Waals surface area (Å²) in [5.74, 6) is -1.72. The van der Waals surface area contributed by atoms with Gasteiger partial charge in [-0.25, -0.2) is 14.0 Å². The fourth-order valence-corrected chi connectivity index (χ4v) is 7.57. The van der Waals surface area contributed by atoms with Crippen molar-refractivity contribution in [2.75, 3.05) is 26.2 Å². The molecule has 13 heteroatoms. The average molecular weight is 820 g/mol. The number of nitrogens with one attached hydrogen (secondary N) is 2. The molecule has 5 amide bonds. The Morgan fingerprint density at radius 1 is 0.800 bits per heavy atom. The summed E-state index contributed by atoms with van der Waals surface area (Å²) >= 11 is 0. The Labute approximate surface area is 351 Å². The Kier molecular flexibility index (Phi) is 14.6. The molecule has 0 radical (unpaired) electrons. The minimum absolute atomic E-state index is 0.00450. The van der Waals surface area contributed by atoms with Crippen LogP contribution in [-0.2, 0) is 56.3 Å². The van der Waals surface area contributed by atoms with Crippen LogP contribution >= 0.6 is 0 Å². The van der Waals surface area contributed by atoms with Crippen LogP contribution in [0.15, 0.2) is 109 Å². The largest absolute Gasteiger partial charge is 0.445 e. The molecule has 1 fully saturated rings. The molecule has 0 saturated carbocycles. The molecule has 3 atom stereocenters.